The summed E-state index contributed by atoms with van der Waals surface area (Å²) in [6.45, 7) is 6.58. The van der Waals surface area contributed by atoms with E-state index in [2.05, 4.69) is 10.5 Å². The third-order valence-corrected chi connectivity index (χ3v) is 7.69. The van der Waals surface area contributed by atoms with Crippen molar-refractivity contribution in [1.29, 1.82) is 0 Å². The van der Waals surface area contributed by atoms with Crippen molar-refractivity contribution in [2.45, 2.75) is 44.7 Å². The van der Waals surface area contributed by atoms with Gasteiger partial charge in [-0.2, -0.15) is 4.31 Å². The van der Waals surface area contributed by atoms with Crippen LogP contribution in [0.25, 0.3) is 11.3 Å². The van der Waals surface area contributed by atoms with Crippen LogP contribution in [0.5, 0.6) is 5.75 Å². The van der Waals surface area contributed by atoms with E-state index in [0.717, 1.165) is 23.3 Å². The molecule has 1 N–H and O–H groups in total. The van der Waals surface area contributed by atoms with Crippen molar-refractivity contribution in [3.8, 4) is 17.1 Å². The molecule has 0 saturated carbocycles. The van der Waals surface area contributed by atoms with Gasteiger partial charge in [-0.05, 0) is 55.0 Å². The molecule has 0 saturated heterocycles. The molecule has 9 heteroatoms. The van der Waals surface area contributed by atoms with Gasteiger partial charge in [0.25, 0.3) is 5.91 Å². The van der Waals surface area contributed by atoms with Crippen LogP contribution in [0.4, 0.5) is 0 Å². The van der Waals surface area contributed by atoms with Crippen LogP contribution in [0.15, 0.2) is 57.9 Å². The van der Waals surface area contributed by atoms with E-state index >= 15 is 0 Å². The summed E-state index contributed by atoms with van der Waals surface area (Å²) in [6, 6.07) is 13.6. The van der Waals surface area contributed by atoms with Crippen LogP contribution in [0.2, 0.25) is 0 Å². The highest BCUT2D eigenvalue weighted by atomic mass is 32.2. The van der Waals surface area contributed by atoms with Gasteiger partial charge in [0.15, 0.2) is 5.76 Å². The maximum Gasteiger partial charge on any atom is 0.251 e. The highest BCUT2D eigenvalue weighted by Crippen LogP contribution is 2.33. The average Bonchev–Trinajstić information content (AvgIpc) is 3.43. The summed E-state index contributed by atoms with van der Waals surface area (Å²) in [5.74, 6) is 1.19. The number of carbonyl (C=O) groups is 1. The van der Waals surface area contributed by atoms with Crippen molar-refractivity contribution < 1.29 is 22.5 Å². The lowest BCUT2D eigenvalue weighted by atomic mass is 10.1. The van der Waals surface area contributed by atoms with Crippen LogP contribution >= 0.6 is 0 Å². The van der Waals surface area contributed by atoms with Gasteiger partial charge in [0, 0.05) is 36.7 Å². The van der Waals surface area contributed by atoms with E-state index in [1.807, 2.05) is 25.1 Å². The molecule has 0 spiro atoms. The Morgan fingerprint density at radius 3 is 2.55 bits per heavy atom. The minimum Gasteiger partial charge on any atom is -0.490 e. The Balaban J connectivity index is 1.39. The Morgan fingerprint density at radius 2 is 1.85 bits per heavy atom. The van der Waals surface area contributed by atoms with E-state index in [9.17, 15) is 13.2 Å². The first-order valence-corrected chi connectivity index (χ1v) is 12.4. The number of benzene rings is 2. The van der Waals surface area contributed by atoms with E-state index in [1.165, 1.54) is 28.6 Å². The molecule has 0 bridgehead atoms. The molecule has 1 amide bonds. The number of sulfonamides is 1. The topological polar surface area (TPSA) is 102 Å². The van der Waals surface area contributed by atoms with Gasteiger partial charge in [0.2, 0.25) is 10.0 Å². The molecule has 1 aromatic heterocycles. The van der Waals surface area contributed by atoms with Crippen molar-refractivity contribution in [3.05, 3.63) is 65.4 Å². The molecular weight excluding hydrogens is 442 g/mol. The van der Waals surface area contributed by atoms with Gasteiger partial charge >= 0.3 is 0 Å². The molecule has 0 aliphatic carbocycles. The first-order valence-electron chi connectivity index (χ1n) is 11.0. The molecule has 1 aliphatic heterocycles. The Hall–Kier alpha value is -3.17. The van der Waals surface area contributed by atoms with Crippen molar-refractivity contribution in [1.82, 2.24) is 14.8 Å². The Labute approximate surface area is 193 Å². The lowest BCUT2D eigenvalue weighted by Crippen LogP contribution is -2.30. The zero-order valence-corrected chi connectivity index (χ0v) is 19.7. The molecule has 4 rings (SSSR count). The quantitative estimate of drug-likeness (QED) is 0.541. The number of hydrogen-bond acceptors (Lipinski definition) is 6. The standard InChI is InChI=1S/C24H27N3O5S/c1-4-27(5-2)33(29,30)21-9-6-17(7-10-21)24(28)25-15-20-14-23(32-26-20)18-8-11-22-19(13-18)12-16(3)31-22/h6-11,13-14,16H,4-5,12,15H2,1-3H3,(H,25,28). The lowest BCUT2D eigenvalue weighted by Gasteiger charge is -2.18. The average molecular weight is 470 g/mol. The van der Waals surface area contributed by atoms with E-state index < -0.39 is 10.0 Å². The number of amides is 1. The zero-order chi connectivity index (χ0) is 23.6. The van der Waals surface area contributed by atoms with Gasteiger partial charge < -0.3 is 14.6 Å². The smallest absolute Gasteiger partial charge is 0.251 e. The number of fused-ring (bicyclic) bond motifs is 1. The van der Waals surface area contributed by atoms with Crippen molar-refractivity contribution in [2.24, 2.45) is 0 Å². The van der Waals surface area contributed by atoms with Gasteiger partial charge in [0.1, 0.15) is 17.5 Å². The van der Waals surface area contributed by atoms with Gasteiger partial charge in [-0.3, -0.25) is 4.79 Å². The molecule has 33 heavy (non-hydrogen) atoms. The Bertz CT molecular complexity index is 1250. The van der Waals surface area contributed by atoms with Crippen LogP contribution in [0.3, 0.4) is 0 Å². The van der Waals surface area contributed by atoms with Crippen LogP contribution < -0.4 is 10.1 Å². The van der Waals surface area contributed by atoms with Gasteiger partial charge in [-0.25, -0.2) is 8.42 Å². The molecule has 1 aliphatic rings. The molecule has 2 aromatic carbocycles. The fraction of sp³-hybridized carbons (Fsp3) is 0.333. The van der Waals surface area contributed by atoms with Gasteiger partial charge in [-0.15, -0.1) is 0 Å². The van der Waals surface area contributed by atoms with Crippen molar-refractivity contribution in [3.63, 3.8) is 0 Å². The maximum absolute atomic E-state index is 12.6. The number of ether oxygens (including phenoxy) is 1. The summed E-state index contributed by atoms with van der Waals surface area (Å²) >= 11 is 0. The highest BCUT2D eigenvalue weighted by molar-refractivity contribution is 7.89. The molecule has 0 fully saturated rings. The molecule has 8 nitrogen and oxygen atoms in total. The van der Waals surface area contributed by atoms with Crippen LogP contribution in [0.1, 0.15) is 42.4 Å². The second-order valence-corrected chi connectivity index (χ2v) is 9.87. The van der Waals surface area contributed by atoms with Gasteiger partial charge in [-0.1, -0.05) is 19.0 Å². The van der Waals surface area contributed by atoms with E-state index in [1.54, 1.807) is 19.9 Å². The summed E-state index contributed by atoms with van der Waals surface area (Å²) in [7, 11) is -3.56. The number of rotatable bonds is 8. The predicted octanol–water partition coefficient (Wildman–Crippen LogP) is 3.63. The summed E-state index contributed by atoms with van der Waals surface area (Å²) in [5, 5.41) is 6.84. The largest absolute Gasteiger partial charge is 0.490 e. The first-order chi connectivity index (χ1) is 15.8. The fourth-order valence-electron chi connectivity index (χ4n) is 3.87. The van der Waals surface area contributed by atoms with Crippen LogP contribution in [-0.2, 0) is 23.0 Å². The normalized spacial score (nSPS) is 15.3. The lowest BCUT2D eigenvalue weighted by molar-refractivity contribution is 0.0950. The second kappa shape index (κ2) is 9.36. The van der Waals surface area contributed by atoms with Crippen molar-refractivity contribution in [2.75, 3.05) is 13.1 Å². The molecule has 2 heterocycles. The Kier molecular flexibility index (Phi) is 6.53. The third-order valence-electron chi connectivity index (χ3n) is 5.63. The van der Waals surface area contributed by atoms with Gasteiger partial charge in [0.05, 0.1) is 11.4 Å². The summed E-state index contributed by atoms with van der Waals surface area (Å²) < 4.78 is 37.7. The molecule has 1 unspecified atom stereocenters. The molecule has 1 atom stereocenters. The number of nitrogens with zero attached hydrogens (tertiary/aromatic N) is 2. The number of carbonyl (C=O) groups excluding carboxylic acids is 1. The summed E-state index contributed by atoms with van der Waals surface area (Å²) in [5.41, 5.74) is 2.99. The van der Waals surface area contributed by atoms with E-state index in [-0.39, 0.29) is 23.5 Å². The number of nitrogens with one attached hydrogen (secondary N) is 1. The maximum atomic E-state index is 12.6. The van der Waals surface area contributed by atoms with Crippen LogP contribution in [-0.4, -0.2) is 43.0 Å². The van der Waals surface area contributed by atoms with Crippen LogP contribution in [0, 0.1) is 0 Å². The summed E-state index contributed by atoms with van der Waals surface area (Å²) in [6.07, 6.45) is 1.03. The SMILES string of the molecule is CCN(CC)S(=O)(=O)c1ccc(C(=O)NCc2cc(-c3ccc4c(c3)CC(C)O4)on2)cc1. The van der Waals surface area contributed by atoms with Crippen molar-refractivity contribution >= 4 is 15.9 Å². The number of hydrogen-bond donors (Lipinski definition) is 1. The monoisotopic (exact) mass is 469 g/mol. The molecule has 3 aromatic rings. The molecule has 174 valence electrons. The minimum atomic E-state index is -3.56. The first kappa shape index (κ1) is 23.0. The Morgan fingerprint density at radius 1 is 1.12 bits per heavy atom. The minimum absolute atomic E-state index is 0.165. The second-order valence-electron chi connectivity index (χ2n) is 7.93. The summed E-state index contributed by atoms with van der Waals surface area (Å²) in [4.78, 5) is 12.7. The molecular formula is C24H27N3O5S. The van der Waals surface area contributed by atoms with E-state index in [4.69, 9.17) is 9.26 Å². The van der Waals surface area contributed by atoms with E-state index in [0.29, 0.717) is 30.1 Å². The zero-order valence-electron chi connectivity index (χ0n) is 18.9. The predicted molar refractivity (Wildman–Crippen MR) is 123 cm³/mol. The highest BCUT2D eigenvalue weighted by Gasteiger charge is 2.22. The fourth-order valence-corrected chi connectivity index (χ4v) is 5.33. The third kappa shape index (κ3) is 4.79. The number of aromatic nitrogens is 1. The molecule has 0 radical (unpaired) electrons.